The Hall–Kier alpha value is -3.12. The lowest BCUT2D eigenvalue weighted by molar-refractivity contribution is 0.102. The van der Waals surface area contributed by atoms with Crippen LogP contribution < -0.4 is 15.4 Å². The first-order valence-corrected chi connectivity index (χ1v) is 8.43. The molecule has 0 atom stereocenters. The van der Waals surface area contributed by atoms with Gasteiger partial charge in [-0.3, -0.25) is 4.79 Å². The number of ether oxygens (including phenoxy) is 1. The lowest BCUT2D eigenvalue weighted by Crippen LogP contribution is -2.14. The molecule has 132 valence electrons. The molecule has 0 radical (unpaired) electrons. The van der Waals surface area contributed by atoms with Gasteiger partial charge in [0, 0.05) is 5.69 Å². The maximum absolute atomic E-state index is 12.2. The normalized spacial score (nSPS) is 10.2. The third-order valence-corrected chi connectivity index (χ3v) is 3.79. The number of hydrogen-bond donors (Lipinski definition) is 2. The number of carbonyl (C=O) groups excluding carboxylic acids is 1. The first-order chi connectivity index (χ1) is 12.7. The van der Waals surface area contributed by atoms with Crippen molar-refractivity contribution in [2.75, 3.05) is 17.2 Å². The average molecular weight is 369 g/mol. The third kappa shape index (κ3) is 4.49. The summed E-state index contributed by atoms with van der Waals surface area (Å²) >= 11 is 6.03. The minimum Gasteiger partial charge on any atom is -0.494 e. The van der Waals surface area contributed by atoms with E-state index in [1.165, 1.54) is 0 Å². The summed E-state index contributed by atoms with van der Waals surface area (Å²) in [6.45, 7) is 2.56. The Morgan fingerprint density at radius 2 is 1.81 bits per heavy atom. The second-order valence-corrected chi connectivity index (χ2v) is 5.73. The van der Waals surface area contributed by atoms with Gasteiger partial charge in [-0.05, 0) is 55.5 Å². The van der Waals surface area contributed by atoms with Crippen molar-refractivity contribution in [1.82, 2.24) is 10.2 Å². The number of anilines is 3. The van der Waals surface area contributed by atoms with Gasteiger partial charge in [-0.1, -0.05) is 23.7 Å². The lowest BCUT2D eigenvalue weighted by Gasteiger charge is -2.08. The smallest absolute Gasteiger partial charge is 0.276 e. The second-order valence-electron chi connectivity index (χ2n) is 5.32. The van der Waals surface area contributed by atoms with Crippen molar-refractivity contribution >= 4 is 34.7 Å². The first kappa shape index (κ1) is 17.7. The molecule has 0 saturated carbocycles. The summed E-state index contributed by atoms with van der Waals surface area (Å²) in [7, 11) is 0. The summed E-state index contributed by atoms with van der Waals surface area (Å²) in [5, 5.41) is 14.3. The van der Waals surface area contributed by atoms with E-state index in [2.05, 4.69) is 20.8 Å². The summed E-state index contributed by atoms with van der Waals surface area (Å²) < 4.78 is 5.40. The van der Waals surface area contributed by atoms with Gasteiger partial charge in [-0.2, -0.15) is 0 Å². The van der Waals surface area contributed by atoms with Crippen molar-refractivity contribution in [1.29, 1.82) is 0 Å². The Bertz CT molecular complexity index is 883. The van der Waals surface area contributed by atoms with Crippen LogP contribution in [0.4, 0.5) is 17.2 Å². The Balaban J connectivity index is 1.64. The molecule has 6 nitrogen and oxygen atoms in total. The van der Waals surface area contributed by atoms with Gasteiger partial charge in [0.25, 0.3) is 5.91 Å². The molecule has 0 aliphatic rings. The van der Waals surface area contributed by atoms with E-state index in [-0.39, 0.29) is 11.6 Å². The molecule has 0 unspecified atom stereocenters. The van der Waals surface area contributed by atoms with Crippen LogP contribution in [0.1, 0.15) is 17.4 Å². The zero-order valence-electron chi connectivity index (χ0n) is 14.1. The summed E-state index contributed by atoms with van der Waals surface area (Å²) in [6, 6.07) is 17.8. The maximum Gasteiger partial charge on any atom is 0.276 e. The van der Waals surface area contributed by atoms with Gasteiger partial charge < -0.3 is 15.4 Å². The highest BCUT2D eigenvalue weighted by Crippen LogP contribution is 2.21. The minimum atomic E-state index is -0.377. The molecule has 0 aliphatic heterocycles. The van der Waals surface area contributed by atoms with Crippen molar-refractivity contribution in [2.24, 2.45) is 0 Å². The lowest BCUT2D eigenvalue weighted by atomic mass is 10.3. The van der Waals surface area contributed by atoms with Crippen LogP contribution in [0.15, 0.2) is 60.7 Å². The van der Waals surface area contributed by atoms with Crippen LogP contribution in [0.5, 0.6) is 5.75 Å². The summed E-state index contributed by atoms with van der Waals surface area (Å²) in [4.78, 5) is 12.2. The van der Waals surface area contributed by atoms with Gasteiger partial charge in [-0.25, -0.2) is 0 Å². The highest BCUT2D eigenvalue weighted by molar-refractivity contribution is 6.33. The monoisotopic (exact) mass is 368 g/mol. The molecule has 1 aromatic heterocycles. The standard InChI is InChI=1S/C19H17ClN4O2/c1-2-26-14-9-7-13(8-10-14)21-18-12-11-17(23-24-18)19(25)22-16-6-4-3-5-15(16)20/h3-12H,2H2,1H3,(H,21,24)(H,22,25). The number of para-hydroxylation sites is 1. The van der Waals surface area contributed by atoms with E-state index in [9.17, 15) is 4.79 Å². The number of rotatable bonds is 6. The molecule has 0 aliphatic carbocycles. The van der Waals surface area contributed by atoms with E-state index in [4.69, 9.17) is 16.3 Å². The molecule has 0 fully saturated rings. The minimum absolute atomic E-state index is 0.196. The SMILES string of the molecule is CCOc1ccc(Nc2ccc(C(=O)Nc3ccccc3Cl)nn2)cc1. The van der Waals surface area contributed by atoms with Crippen LogP contribution in [-0.2, 0) is 0 Å². The van der Waals surface area contributed by atoms with E-state index in [1.54, 1.807) is 36.4 Å². The van der Waals surface area contributed by atoms with Gasteiger partial charge in [0.2, 0.25) is 0 Å². The topological polar surface area (TPSA) is 76.1 Å². The predicted molar refractivity (Wildman–Crippen MR) is 102 cm³/mol. The van der Waals surface area contributed by atoms with Gasteiger partial charge in [0.05, 0.1) is 17.3 Å². The van der Waals surface area contributed by atoms with Gasteiger partial charge in [0.15, 0.2) is 11.5 Å². The molecular weight excluding hydrogens is 352 g/mol. The highest BCUT2D eigenvalue weighted by atomic mass is 35.5. The molecule has 1 heterocycles. The quantitative estimate of drug-likeness (QED) is 0.668. The summed E-state index contributed by atoms with van der Waals surface area (Å²) in [6.07, 6.45) is 0. The van der Waals surface area contributed by atoms with Gasteiger partial charge >= 0.3 is 0 Å². The zero-order valence-corrected chi connectivity index (χ0v) is 14.8. The highest BCUT2D eigenvalue weighted by Gasteiger charge is 2.10. The number of nitrogens with one attached hydrogen (secondary N) is 2. The van der Waals surface area contributed by atoms with Crippen LogP contribution >= 0.6 is 11.6 Å². The van der Waals surface area contributed by atoms with Crippen LogP contribution in [0.3, 0.4) is 0 Å². The number of halogens is 1. The van der Waals surface area contributed by atoms with Crippen molar-refractivity contribution in [3.8, 4) is 5.75 Å². The van der Waals surface area contributed by atoms with E-state index in [1.807, 2.05) is 31.2 Å². The van der Waals surface area contributed by atoms with E-state index in [0.717, 1.165) is 11.4 Å². The van der Waals surface area contributed by atoms with Crippen LogP contribution in [0.2, 0.25) is 5.02 Å². The van der Waals surface area contributed by atoms with Gasteiger partial charge in [0.1, 0.15) is 5.75 Å². The fourth-order valence-corrected chi connectivity index (χ4v) is 2.40. The van der Waals surface area contributed by atoms with E-state index >= 15 is 0 Å². The van der Waals surface area contributed by atoms with Crippen LogP contribution in [0, 0.1) is 0 Å². The number of benzene rings is 2. The van der Waals surface area contributed by atoms with Crippen LogP contribution in [-0.4, -0.2) is 22.7 Å². The Morgan fingerprint density at radius 3 is 2.46 bits per heavy atom. The fraction of sp³-hybridized carbons (Fsp3) is 0.105. The van der Waals surface area contributed by atoms with Crippen molar-refractivity contribution in [3.63, 3.8) is 0 Å². The van der Waals surface area contributed by atoms with E-state index in [0.29, 0.717) is 23.1 Å². The predicted octanol–water partition coefficient (Wildman–Crippen LogP) is 4.52. The molecule has 0 spiro atoms. The van der Waals surface area contributed by atoms with Crippen molar-refractivity contribution in [3.05, 3.63) is 71.4 Å². The zero-order chi connectivity index (χ0) is 18.4. The molecule has 3 aromatic rings. The molecule has 7 heteroatoms. The molecule has 1 amide bonds. The van der Waals surface area contributed by atoms with Crippen molar-refractivity contribution < 1.29 is 9.53 Å². The molecule has 3 rings (SSSR count). The Labute approximate surface area is 156 Å². The number of nitrogens with zero attached hydrogens (tertiary/aromatic N) is 2. The molecule has 26 heavy (non-hydrogen) atoms. The number of amides is 1. The molecule has 0 bridgehead atoms. The maximum atomic E-state index is 12.2. The number of hydrogen-bond acceptors (Lipinski definition) is 5. The van der Waals surface area contributed by atoms with Gasteiger partial charge in [-0.15, -0.1) is 10.2 Å². The second kappa shape index (κ2) is 8.31. The van der Waals surface area contributed by atoms with Crippen molar-refractivity contribution in [2.45, 2.75) is 6.92 Å². The summed E-state index contributed by atoms with van der Waals surface area (Å²) in [5.74, 6) is 0.956. The van der Waals surface area contributed by atoms with Crippen LogP contribution in [0.25, 0.3) is 0 Å². The summed E-state index contributed by atoms with van der Waals surface area (Å²) in [5.41, 5.74) is 1.57. The molecular formula is C19H17ClN4O2. The Kier molecular flexibility index (Phi) is 5.66. The third-order valence-electron chi connectivity index (χ3n) is 3.46. The number of carbonyl (C=O) groups is 1. The fourth-order valence-electron chi connectivity index (χ4n) is 2.22. The first-order valence-electron chi connectivity index (χ1n) is 8.05. The largest absolute Gasteiger partial charge is 0.494 e. The Morgan fingerprint density at radius 1 is 1.04 bits per heavy atom. The number of aromatic nitrogens is 2. The average Bonchev–Trinajstić information content (AvgIpc) is 2.66. The molecule has 0 saturated heterocycles. The molecule has 2 N–H and O–H groups in total. The van der Waals surface area contributed by atoms with E-state index < -0.39 is 0 Å². The molecule has 2 aromatic carbocycles.